The average molecular weight is 306 g/mol. The molecule has 1 heterocycles. The van der Waals surface area contributed by atoms with Crippen LogP contribution in [0, 0.1) is 0 Å². The Morgan fingerprint density at radius 1 is 1.14 bits per heavy atom. The molecule has 1 aliphatic rings. The summed E-state index contributed by atoms with van der Waals surface area (Å²) in [5.74, 6) is 1.36. The SMILES string of the molecule is CCOc1ccc(C(=O)N2CC(C)NC(C)C2)cc1OCC. The summed E-state index contributed by atoms with van der Waals surface area (Å²) in [7, 11) is 0. The van der Waals surface area contributed by atoms with Crippen molar-refractivity contribution < 1.29 is 14.3 Å². The molecule has 0 bridgehead atoms. The van der Waals surface area contributed by atoms with E-state index in [4.69, 9.17) is 9.47 Å². The Morgan fingerprint density at radius 2 is 1.73 bits per heavy atom. The summed E-state index contributed by atoms with van der Waals surface area (Å²) in [5, 5.41) is 3.43. The van der Waals surface area contributed by atoms with E-state index in [9.17, 15) is 4.79 Å². The van der Waals surface area contributed by atoms with Crippen LogP contribution in [0.3, 0.4) is 0 Å². The Balaban J connectivity index is 2.20. The third kappa shape index (κ3) is 3.91. The van der Waals surface area contributed by atoms with Crippen molar-refractivity contribution in [3.8, 4) is 11.5 Å². The maximum atomic E-state index is 12.7. The predicted molar refractivity (Wildman–Crippen MR) is 86.7 cm³/mol. The molecular weight excluding hydrogens is 280 g/mol. The minimum atomic E-state index is 0.0456. The summed E-state index contributed by atoms with van der Waals surface area (Å²) in [4.78, 5) is 14.6. The van der Waals surface area contributed by atoms with Gasteiger partial charge in [0, 0.05) is 30.7 Å². The fourth-order valence-electron chi connectivity index (χ4n) is 2.86. The summed E-state index contributed by atoms with van der Waals surface area (Å²) in [6.07, 6.45) is 0. The van der Waals surface area contributed by atoms with Crippen molar-refractivity contribution in [1.82, 2.24) is 10.2 Å². The number of benzene rings is 1. The molecular formula is C17H26N2O3. The molecule has 5 heteroatoms. The van der Waals surface area contributed by atoms with Gasteiger partial charge in [0.25, 0.3) is 5.91 Å². The highest BCUT2D eigenvalue weighted by Gasteiger charge is 2.26. The van der Waals surface area contributed by atoms with E-state index in [0.717, 1.165) is 13.1 Å². The first-order valence-corrected chi connectivity index (χ1v) is 8.00. The smallest absolute Gasteiger partial charge is 0.254 e. The first-order valence-electron chi connectivity index (χ1n) is 8.00. The summed E-state index contributed by atoms with van der Waals surface area (Å²) >= 11 is 0. The number of nitrogens with zero attached hydrogens (tertiary/aromatic N) is 1. The largest absolute Gasteiger partial charge is 0.490 e. The second-order valence-electron chi connectivity index (χ2n) is 5.71. The molecule has 5 nitrogen and oxygen atoms in total. The molecule has 1 N–H and O–H groups in total. The molecule has 0 saturated carbocycles. The third-order valence-electron chi connectivity index (χ3n) is 3.64. The molecule has 0 radical (unpaired) electrons. The molecule has 2 unspecified atom stereocenters. The molecule has 1 aliphatic heterocycles. The topological polar surface area (TPSA) is 50.8 Å². The van der Waals surface area contributed by atoms with Crippen molar-refractivity contribution in [1.29, 1.82) is 0 Å². The molecule has 1 fully saturated rings. The lowest BCUT2D eigenvalue weighted by Gasteiger charge is -2.36. The van der Waals surface area contributed by atoms with Crippen molar-refractivity contribution in [2.45, 2.75) is 39.8 Å². The lowest BCUT2D eigenvalue weighted by Crippen LogP contribution is -2.55. The van der Waals surface area contributed by atoms with E-state index in [-0.39, 0.29) is 5.91 Å². The molecule has 1 saturated heterocycles. The van der Waals surface area contributed by atoms with E-state index in [1.807, 2.05) is 30.9 Å². The average Bonchev–Trinajstić information content (AvgIpc) is 2.48. The molecule has 22 heavy (non-hydrogen) atoms. The van der Waals surface area contributed by atoms with Crippen LogP contribution in [0.4, 0.5) is 0 Å². The quantitative estimate of drug-likeness (QED) is 0.907. The molecule has 122 valence electrons. The van der Waals surface area contributed by atoms with Crippen LogP contribution in [0.15, 0.2) is 18.2 Å². The van der Waals surface area contributed by atoms with Gasteiger partial charge in [0.1, 0.15) is 0 Å². The van der Waals surface area contributed by atoms with Gasteiger partial charge in [-0.1, -0.05) is 0 Å². The van der Waals surface area contributed by atoms with Crippen LogP contribution in [0.25, 0.3) is 0 Å². The van der Waals surface area contributed by atoms with Crippen LogP contribution >= 0.6 is 0 Å². The summed E-state index contributed by atoms with van der Waals surface area (Å²) in [6, 6.07) is 6.03. The fraction of sp³-hybridized carbons (Fsp3) is 0.588. The maximum Gasteiger partial charge on any atom is 0.254 e. The standard InChI is InChI=1S/C17H26N2O3/c1-5-21-15-8-7-14(9-16(15)22-6-2)17(20)19-10-12(3)18-13(4)11-19/h7-9,12-13,18H,5-6,10-11H2,1-4H3. The van der Waals surface area contributed by atoms with Gasteiger partial charge in [-0.25, -0.2) is 0 Å². The van der Waals surface area contributed by atoms with Gasteiger partial charge in [0.2, 0.25) is 0 Å². The lowest BCUT2D eigenvalue weighted by molar-refractivity contribution is 0.0673. The van der Waals surface area contributed by atoms with E-state index >= 15 is 0 Å². The number of amides is 1. The number of hydrogen-bond donors (Lipinski definition) is 1. The zero-order valence-corrected chi connectivity index (χ0v) is 13.9. The Kier molecular flexibility index (Phi) is 5.66. The van der Waals surface area contributed by atoms with Gasteiger partial charge >= 0.3 is 0 Å². The van der Waals surface area contributed by atoms with Gasteiger partial charge in [-0.15, -0.1) is 0 Å². The van der Waals surface area contributed by atoms with Crippen LogP contribution < -0.4 is 14.8 Å². The lowest BCUT2D eigenvalue weighted by atomic mass is 10.1. The maximum absolute atomic E-state index is 12.7. The highest BCUT2D eigenvalue weighted by Crippen LogP contribution is 2.29. The van der Waals surface area contributed by atoms with Gasteiger partial charge in [-0.05, 0) is 45.9 Å². The first-order chi connectivity index (χ1) is 10.5. The number of carbonyl (C=O) groups is 1. The van der Waals surface area contributed by atoms with Gasteiger partial charge < -0.3 is 19.7 Å². The van der Waals surface area contributed by atoms with Crippen molar-refractivity contribution >= 4 is 5.91 Å². The van der Waals surface area contributed by atoms with Gasteiger partial charge in [-0.2, -0.15) is 0 Å². The summed E-state index contributed by atoms with van der Waals surface area (Å²) < 4.78 is 11.1. The van der Waals surface area contributed by atoms with Gasteiger partial charge in [0.15, 0.2) is 11.5 Å². The molecule has 1 aromatic carbocycles. The summed E-state index contributed by atoms with van der Waals surface area (Å²) in [6.45, 7) is 10.6. The highest BCUT2D eigenvalue weighted by atomic mass is 16.5. The third-order valence-corrected chi connectivity index (χ3v) is 3.64. The van der Waals surface area contributed by atoms with E-state index in [1.54, 1.807) is 6.07 Å². The van der Waals surface area contributed by atoms with Crippen LogP contribution in [-0.2, 0) is 0 Å². The predicted octanol–water partition coefficient (Wildman–Crippen LogP) is 2.31. The molecule has 1 amide bonds. The van der Waals surface area contributed by atoms with Crippen LogP contribution in [0.1, 0.15) is 38.1 Å². The first kappa shape index (κ1) is 16.6. The van der Waals surface area contributed by atoms with Crippen molar-refractivity contribution in [2.24, 2.45) is 0 Å². The number of nitrogens with one attached hydrogen (secondary N) is 1. The number of ether oxygens (including phenoxy) is 2. The zero-order chi connectivity index (χ0) is 16.1. The van der Waals surface area contributed by atoms with Crippen molar-refractivity contribution in [3.63, 3.8) is 0 Å². The molecule has 0 spiro atoms. The Hall–Kier alpha value is -1.75. The van der Waals surface area contributed by atoms with E-state index < -0.39 is 0 Å². The number of carbonyl (C=O) groups excluding carboxylic acids is 1. The molecule has 1 aromatic rings. The van der Waals surface area contributed by atoms with Crippen molar-refractivity contribution in [2.75, 3.05) is 26.3 Å². The Labute approximate surface area is 132 Å². The highest BCUT2D eigenvalue weighted by molar-refractivity contribution is 5.95. The molecule has 0 aliphatic carbocycles. The normalized spacial score (nSPS) is 21.5. The Bertz CT molecular complexity index is 509. The minimum Gasteiger partial charge on any atom is -0.490 e. The summed E-state index contributed by atoms with van der Waals surface area (Å²) in [5.41, 5.74) is 0.646. The zero-order valence-electron chi connectivity index (χ0n) is 13.9. The molecule has 0 aromatic heterocycles. The van der Waals surface area contributed by atoms with Crippen LogP contribution in [0.5, 0.6) is 11.5 Å². The number of hydrogen-bond acceptors (Lipinski definition) is 4. The Morgan fingerprint density at radius 3 is 2.32 bits per heavy atom. The monoisotopic (exact) mass is 306 g/mol. The fourth-order valence-corrected chi connectivity index (χ4v) is 2.86. The number of rotatable bonds is 5. The number of piperazine rings is 1. The van der Waals surface area contributed by atoms with E-state index in [2.05, 4.69) is 19.2 Å². The molecule has 2 atom stereocenters. The van der Waals surface area contributed by atoms with E-state index in [0.29, 0.717) is 42.4 Å². The van der Waals surface area contributed by atoms with E-state index in [1.165, 1.54) is 0 Å². The van der Waals surface area contributed by atoms with Gasteiger partial charge in [0.05, 0.1) is 13.2 Å². The van der Waals surface area contributed by atoms with Crippen molar-refractivity contribution in [3.05, 3.63) is 23.8 Å². The van der Waals surface area contributed by atoms with Gasteiger partial charge in [-0.3, -0.25) is 4.79 Å². The van der Waals surface area contributed by atoms with Crippen LogP contribution in [0.2, 0.25) is 0 Å². The minimum absolute atomic E-state index is 0.0456. The second-order valence-corrected chi connectivity index (χ2v) is 5.71. The molecule has 2 rings (SSSR count). The van der Waals surface area contributed by atoms with Crippen LogP contribution in [-0.4, -0.2) is 49.2 Å². The second kappa shape index (κ2) is 7.49.